The van der Waals surface area contributed by atoms with E-state index in [9.17, 15) is 8.78 Å². The number of rotatable bonds is 3. The SMILES string of the molecule is C=C1CCNc2c(ccnc2N2CCCc3cc(-c4cnn(C)c4)c(C(F)F)cc32)N1. The summed E-state index contributed by atoms with van der Waals surface area (Å²) < 4.78 is 29.8. The average molecular weight is 422 g/mol. The molecular weight excluding hydrogens is 398 g/mol. The highest BCUT2D eigenvalue weighted by Gasteiger charge is 2.27. The van der Waals surface area contributed by atoms with E-state index in [1.165, 1.54) is 0 Å². The van der Waals surface area contributed by atoms with Gasteiger partial charge in [0.2, 0.25) is 0 Å². The standard InChI is InChI=1S/C23H24F2N6/c1-14-5-7-26-21-19(29-14)6-8-27-23(21)31-9-3-4-15-10-17(16-12-28-30(2)13-16)18(22(24)25)11-20(15)31/h6,8,10-13,22,26,29H,1,3-5,7,9H2,2H3. The van der Waals surface area contributed by atoms with E-state index in [2.05, 4.69) is 32.2 Å². The highest BCUT2D eigenvalue weighted by atomic mass is 19.3. The van der Waals surface area contributed by atoms with E-state index in [1.54, 1.807) is 36.4 Å². The number of fused-ring (bicyclic) bond motifs is 2. The van der Waals surface area contributed by atoms with Crippen LogP contribution in [0.25, 0.3) is 11.1 Å². The molecule has 0 fully saturated rings. The van der Waals surface area contributed by atoms with Crippen LogP contribution >= 0.6 is 0 Å². The van der Waals surface area contributed by atoms with Crippen molar-refractivity contribution in [1.29, 1.82) is 0 Å². The summed E-state index contributed by atoms with van der Waals surface area (Å²) in [5.74, 6) is 0.745. The van der Waals surface area contributed by atoms with Crippen molar-refractivity contribution in [3.63, 3.8) is 0 Å². The van der Waals surface area contributed by atoms with Gasteiger partial charge in [-0.3, -0.25) is 4.68 Å². The first-order chi connectivity index (χ1) is 15.0. The summed E-state index contributed by atoms with van der Waals surface area (Å²) in [6.07, 6.45) is 5.11. The fourth-order valence-electron chi connectivity index (χ4n) is 4.38. The van der Waals surface area contributed by atoms with Crippen LogP contribution in [0.15, 0.2) is 49.1 Å². The second kappa shape index (κ2) is 7.68. The summed E-state index contributed by atoms with van der Waals surface area (Å²) in [7, 11) is 1.79. The Labute approximate surface area is 179 Å². The van der Waals surface area contributed by atoms with Crippen LogP contribution in [0.5, 0.6) is 0 Å². The molecule has 0 amide bonds. The molecule has 2 aromatic heterocycles. The molecule has 2 aliphatic heterocycles. The highest BCUT2D eigenvalue weighted by Crippen LogP contribution is 2.44. The summed E-state index contributed by atoms with van der Waals surface area (Å²) in [6, 6.07) is 5.43. The van der Waals surface area contributed by atoms with Crippen molar-refractivity contribution in [2.45, 2.75) is 25.7 Å². The van der Waals surface area contributed by atoms with Gasteiger partial charge in [-0.05, 0) is 42.2 Å². The Balaban J connectivity index is 1.64. The molecule has 0 unspecified atom stereocenters. The maximum atomic E-state index is 14.1. The molecule has 0 spiro atoms. The lowest BCUT2D eigenvalue weighted by atomic mass is 9.93. The Bertz CT molecular complexity index is 1150. The van der Waals surface area contributed by atoms with Crippen molar-refractivity contribution in [1.82, 2.24) is 14.8 Å². The maximum absolute atomic E-state index is 14.1. The number of anilines is 4. The molecule has 0 saturated carbocycles. The van der Waals surface area contributed by atoms with Gasteiger partial charge in [-0.1, -0.05) is 6.58 Å². The number of aryl methyl sites for hydroxylation is 2. The Morgan fingerprint density at radius 3 is 2.87 bits per heavy atom. The second-order valence-corrected chi connectivity index (χ2v) is 7.99. The van der Waals surface area contributed by atoms with Gasteiger partial charge in [0.25, 0.3) is 6.43 Å². The lowest BCUT2D eigenvalue weighted by molar-refractivity contribution is 0.152. The topological polar surface area (TPSA) is 58.0 Å². The largest absolute Gasteiger partial charge is 0.380 e. The molecule has 2 N–H and O–H groups in total. The predicted octanol–water partition coefficient (Wildman–Crippen LogP) is 5.25. The Morgan fingerprint density at radius 1 is 1.23 bits per heavy atom. The first-order valence-electron chi connectivity index (χ1n) is 10.4. The van der Waals surface area contributed by atoms with E-state index in [-0.39, 0.29) is 5.56 Å². The van der Waals surface area contributed by atoms with Crippen molar-refractivity contribution >= 4 is 22.9 Å². The number of pyridine rings is 1. The van der Waals surface area contributed by atoms with Crippen molar-refractivity contribution in [2.24, 2.45) is 7.05 Å². The monoisotopic (exact) mass is 422 g/mol. The summed E-state index contributed by atoms with van der Waals surface area (Å²) in [4.78, 5) is 6.69. The number of aromatic nitrogens is 3. The van der Waals surface area contributed by atoms with Crippen LogP contribution in [0.4, 0.5) is 31.7 Å². The molecule has 160 valence electrons. The van der Waals surface area contributed by atoms with E-state index in [0.29, 0.717) is 17.7 Å². The van der Waals surface area contributed by atoms with Gasteiger partial charge in [0.1, 0.15) is 5.69 Å². The average Bonchev–Trinajstić information content (AvgIpc) is 3.09. The fourth-order valence-corrected chi connectivity index (χ4v) is 4.38. The van der Waals surface area contributed by atoms with Crippen molar-refractivity contribution in [2.75, 3.05) is 28.6 Å². The van der Waals surface area contributed by atoms with Crippen LogP contribution in [0, 0.1) is 0 Å². The summed E-state index contributed by atoms with van der Waals surface area (Å²) in [5, 5.41) is 10.9. The maximum Gasteiger partial charge on any atom is 0.264 e. The van der Waals surface area contributed by atoms with E-state index < -0.39 is 6.43 Å². The summed E-state index contributed by atoms with van der Waals surface area (Å²) >= 11 is 0. The molecular formula is C23H24F2N6. The number of nitrogens with zero attached hydrogens (tertiary/aromatic N) is 4. The third-order valence-corrected chi connectivity index (χ3v) is 5.85. The van der Waals surface area contributed by atoms with E-state index in [0.717, 1.165) is 59.9 Å². The molecule has 5 rings (SSSR count). The third kappa shape index (κ3) is 3.52. The quantitative estimate of drug-likeness (QED) is 0.604. The second-order valence-electron chi connectivity index (χ2n) is 7.99. The minimum absolute atomic E-state index is 0.0140. The molecule has 0 saturated heterocycles. The zero-order valence-electron chi connectivity index (χ0n) is 17.3. The molecule has 2 aliphatic rings. The van der Waals surface area contributed by atoms with Crippen LogP contribution in [-0.4, -0.2) is 27.9 Å². The van der Waals surface area contributed by atoms with Gasteiger partial charge in [-0.2, -0.15) is 5.10 Å². The number of hydrogen-bond donors (Lipinski definition) is 2. The van der Waals surface area contributed by atoms with E-state index in [1.807, 2.05) is 12.1 Å². The van der Waals surface area contributed by atoms with Crippen LogP contribution in [0.1, 0.15) is 30.4 Å². The minimum atomic E-state index is -2.59. The fraction of sp³-hybridized carbons (Fsp3) is 0.304. The van der Waals surface area contributed by atoms with Crippen molar-refractivity contribution < 1.29 is 8.78 Å². The molecule has 0 atom stereocenters. The smallest absolute Gasteiger partial charge is 0.264 e. The Morgan fingerprint density at radius 2 is 2.10 bits per heavy atom. The molecule has 0 radical (unpaired) electrons. The molecule has 3 aromatic rings. The normalized spacial score (nSPS) is 15.7. The van der Waals surface area contributed by atoms with Gasteiger partial charge in [-0.25, -0.2) is 13.8 Å². The number of halogens is 2. The summed E-state index contributed by atoms with van der Waals surface area (Å²) in [6.45, 7) is 5.50. The molecule has 8 heteroatoms. The first kappa shape index (κ1) is 19.5. The van der Waals surface area contributed by atoms with Gasteiger partial charge in [0, 0.05) is 61.5 Å². The van der Waals surface area contributed by atoms with Gasteiger partial charge >= 0.3 is 0 Å². The zero-order chi connectivity index (χ0) is 21.5. The summed E-state index contributed by atoms with van der Waals surface area (Å²) in [5.41, 5.74) is 5.81. The molecule has 0 aliphatic carbocycles. The lowest BCUT2D eigenvalue weighted by Crippen LogP contribution is -2.27. The van der Waals surface area contributed by atoms with E-state index in [4.69, 9.17) is 0 Å². The molecule has 4 heterocycles. The molecule has 6 nitrogen and oxygen atoms in total. The first-order valence-corrected chi connectivity index (χ1v) is 10.4. The van der Waals surface area contributed by atoms with Crippen molar-refractivity contribution in [3.8, 4) is 11.1 Å². The van der Waals surface area contributed by atoms with Crippen LogP contribution < -0.4 is 15.5 Å². The number of hydrogen-bond acceptors (Lipinski definition) is 5. The van der Waals surface area contributed by atoms with Crippen LogP contribution in [-0.2, 0) is 13.5 Å². The Kier molecular flexibility index (Phi) is 4.84. The third-order valence-electron chi connectivity index (χ3n) is 5.85. The number of alkyl halides is 2. The van der Waals surface area contributed by atoms with E-state index >= 15 is 0 Å². The minimum Gasteiger partial charge on any atom is -0.380 e. The van der Waals surface area contributed by atoms with Gasteiger partial charge in [0.05, 0.1) is 11.9 Å². The molecule has 0 bridgehead atoms. The van der Waals surface area contributed by atoms with Gasteiger partial charge in [0.15, 0.2) is 5.82 Å². The van der Waals surface area contributed by atoms with Gasteiger partial charge in [-0.15, -0.1) is 0 Å². The van der Waals surface area contributed by atoms with Gasteiger partial charge < -0.3 is 15.5 Å². The Hall–Kier alpha value is -3.42. The number of nitrogens with one attached hydrogen (secondary N) is 2. The highest BCUT2D eigenvalue weighted by molar-refractivity contribution is 5.86. The van der Waals surface area contributed by atoms with Crippen molar-refractivity contribution in [3.05, 3.63) is 60.2 Å². The van der Waals surface area contributed by atoms with Crippen LogP contribution in [0.2, 0.25) is 0 Å². The molecule has 1 aromatic carbocycles. The van der Waals surface area contributed by atoms with Crippen LogP contribution in [0.3, 0.4) is 0 Å². The molecule has 31 heavy (non-hydrogen) atoms. The lowest BCUT2D eigenvalue weighted by Gasteiger charge is -2.33. The number of benzene rings is 1. The predicted molar refractivity (Wildman–Crippen MR) is 119 cm³/mol. The zero-order valence-corrected chi connectivity index (χ0v) is 17.3.